The Morgan fingerprint density at radius 2 is 1.95 bits per heavy atom. The number of piperidine rings is 1. The lowest BCUT2D eigenvalue weighted by atomic mass is 9.96. The highest BCUT2D eigenvalue weighted by molar-refractivity contribution is 5.97. The average molecular weight is 277 g/mol. The number of hydrogen-bond acceptors (Lipinski definition) is 5. The molecule has 1 N–H and O–H groups in total. The Morgan fingerprint density at radius 1 is 1.30 bits per heavy atom. The van der Waals surface area contributed by atoms with E-state index in [9.17, 15) is 14.7 Å². The van der Waals surface area contributed by atoms with Gasteiger partial charge in [-0.3, -0.25) is 9.59 Å². The molecule has 0 aromatic heterocycles. The van der Waals surface area contributed by atoms with E-state index in [2.05, 4.69) is 4.90 Å². The van der Waals surface area contributed by atoms with Gasteiger partial charge < -0.3 is 14.7 Å². The standard InChI is InChI=1S/C15H19NO4/c1-10(17)13-4-3-12(9-14(13)18)16-7-5-11(6-8-16)15(19)20-2/h3-4,9,11,18H,5-8H2,1-2H3. The molecule has 1 aromatic rings. The van der Waals surface area contributed by atoms with Crippen LogP contribution in [0.4, 0.5) is 5.69 Å². The van der Waals surface area contributed by atoms with Crippen molar-refractivity contribution in [3.8, 4) is 5.75 Å². The molecule has 0 radical (unpaired) electrons. The molecule has 1 heterocycles. The van der Waals surface area contributed by atoms with Gasteiger partial charge in [0.25, 0.3) is 0 Å². The molecule has 0 aliphatic carbocycles. The maximum Gasteiger partial charge on any atom is 0.308 e. The minimum absolute atomic E-state index is 0.00471. The van der Waals surface area contributed by atoms with Crippen LogP contribution in [0.2, 0.25) is 0 Å². The summed E-state index contributed by atoms with van der Waals surface area (Å²) in [5.74, 6) is -0.343. The quantitative estimate of drug-likeness (QED) is 0.676. The number of hydrogen-bond donors (Lipinski definition) is 1. The number of ether oxygens (including phenoxy) is 1. The first kappa shape index (κ1) is 14.4. The fraction of sp³-hybridized carbons (Fsp3) is 0.467. The molecule has 2 rings (SSSR count). The fourth-order valence-electron chi connectivity index (χ4n) is 2.55. The molecule has 0 amide bonds. The number of esters is 1. The first-order chi connectivity index (χ1) is 9.52. The third kappa shape index (κ3) is 2.92. The highest BCUT2D eigenvalue weighted by Crippen LogP contribution is 2.28. The second-order valence-electron chi connectivity index (χ2n) is 5.04. The Balaban J connectivity index is 2.06. The molecule has 5 nitrogen and oxygen atoms in total. The van der Waals surface area contributed by atoms with Crippen molar-refractivity contribution >= 4 is 17.4 Å². The van der Waals surface area contributed by atoms with E-state index < -0.39 is 0 Å². The number of phenolic OH excluding ortho intramolecular Hbond substituents is 1. The first-order valence-electron chi connectivity index (χ1n) is 6.69. The lowest BCUT2D eigenvalue weighted by Crippen LogP contribution is -2.36. The Hall–Kier alpha value is -2.04. The molecule has 1 aliphatic rings. The fourth-order valence-corrected chi connectivity index (χ4v) is 2.55. The van der Waals surface area contributed by atoms with Crippen molar-refractivity contribution in [2.24, 2.45) is 5.92 Å². The molecule has 108 valence electrons. The van der Waals surface area contributed by atoms with E-state index >= 15 is 0 Å². The number of phenols is 1. The smallest absolute Gasteiger partial charge is 0.308 e. The number of carbonyl (C=O) groups is 2. The summed E-state index contributed by atoms with van der Waals surface area (Å²) in [6.45, 7) is 2.90. The van der Waals surface area contributed by atoms with E-state index in [4.69, 9.17) is 4.74 Å². The summed E-state index contributed by atoms with van der Waals surface area (Å²) >= 11 is 0. The van der Waals surface area contributed by atoms with Crippen LogP contribution in [0.25, 0.3) is 0 Å². The lowest BCUT2D eigenvalue weighted by Gasteiger charge is -2.32. The maximum absolute atomic E-state index is 11.5. The molecule has 1 fully saturated rings. The zero-order chi connectivity index (χ0) is 14.7. The molecular formula is C15H19NO4. The summed E-state index contributed by atoms with van der Waals surface area (Å²) in [6, 6.07) is 5.07. The van der Waals surface area contributed by atoms with Gasteiger partial charge in [0, 0.05) is 24.8 Å². The number of Topliss-reactive ketones (excluding diaryl/α,β-unsaturated/α-hetero) is 1. The van der Waals surface area contributed by atoms with Crippen LogP contribution in [-0.2, 0) is 9.53 Å². The van der Waals surface area contributed by atoms with Crippen LogP contribution >= 0.6 is 0 Å². The number of aromatic hydroxyl groups is 1. The predicted octanol–water partition coefficient (Wildman–Crippen LogP) is 1.98. The number of carbonyl (C=O) groups excluding carboxylic acids is 2. The number of benzene rings is 1. The second-order valence-corrected chi connectivity index (χ2v) is 5.04. The van der Waals surface area contributed by atoms with E-state index in [0.717, 1.165) is 31.6 Å². The van der Waals surface area contributed by atoms with E-state index in [1.807, 2.05) is 6.07 Å². The van der Waals surface area contributed by atoms with Crippen LogP contribution in [0, 0.1) is 5.92 Å². The monoisotopic (exact) mass is 277 g/mol. The Kier molecular flexibility index (Phi) is 4.27. The number of methoxy groups -OCH3 is 1. The van der Waals surface area contributed by atoms with E-state index in [0.29, 0.717) is 5.56 Å². The molecular weight excluding hydrogens is 258 g/mol. The van der Waals surface area contributed by atoms with Gasteiger partial charge in [-0.1, -0.05) is 0 Å². The van der Waals surface area contributed by atoms with Crippen molar-refractivity contribution in [1.29, 1.82) is 0 Å². The van der Waals surface area contributed by atoms with E-state index in [1.54, 1.807) is 12.1 Å². The van der Waals surface area contributed by atoms with Gasteiger partial charge in [-0.2, -0.15) is 0 Å². The van der Waals surface area contributed by atoms with E-state index in [1.165, 1.54) is 14.0 Å². The largest absolute Gasteiger partial charge is 0.507 e. The van der Waals surface area contributed by atoms with Crippen LogP contribution in [-0.4, -0.2) is 37.1 Å². The molecule has 0 bridgehead atoms. The molecule has 1 aliphatic heterocycles. The average Bonchev–Trinajstić information content (AvgIpc) is 2.46. The van der Waals surface area contributed by atoms with Crippen molar-refractivity contribution in [1.82, 2.24) is 0 Å². The SMILES string of the molecule is COC(=O)C1CCN(c2ccc(C(C)=O)c(O)c2)CC1. The topological polar surface area (TPSA) is 66.8 Å². The van der Waals surface area contributed by atoms with Crippen molar-refractivity contribution < 1.29 is 19.4 Å². The minimum atomic E-state index is -0.154. The second kappa shape index (κ2) is 5.94. The summed E-state index contributed by atoms with van der Waals surface area (Å²) < 4.78 is 4.76. The molecule has 1 aromatic carbocycles. The van der Waals surface area contributed by atoms with Crippen LogP contribution in [0.5, 0.6) is 5.75 Å². The maximum atomic E-state index is 11.5. The Labute approximate surface area is 118 Å². The summed E-state index contributed by atoms with van der Waals surface area (Å²) in [6.07, 6.45) is 1.48. The molecule has 0 atom stereocenters. The van der Waals surface area contributed by atoms with Gasteiger partial charge in [0.2, 0.25) is 0 Å². The third-order valence-electron chi connectivity index (χ3n) is 3.76. The van der Waals surface area contributed by atoms with Gasteiger partial charge >= 0.3 is 5.97 Å². The Morgan fingerprint density at radius 3 is 2.45 bits per heavy atom. The highest BCUT2D eigenvalue weighted by Gasteiger charge is 2.26. The molecule has 20 heavy (non-hydrogen) atoms. The molecule has 5 heteroatoms. The zero-order valence-electron chi connectivity index (χ0n) is 11.8. The predicted molar refractivity (Wildman–Crippen MR) is 75.1 cm³/mol. The van der Waals surface area contributed by atoms with Crippen LogP contribution in [0.15, 0.2) is 18.2 Å². The number of ketones is 1. The van der Waals surface area contributed by atoms with Gasteiger partial charge in [0.15, 0.2) is 5.78 Å². The van der Waals surface area contributed by atoms with Gasteiger partial charge in [-0.15, -0.1) is 0 Å². The first-order valence-corrected chi connectivity index (χ1v) is 6.69. The van der Waals surface area contributed by atoms with Crippen LogP contribution < -0.4 is 4.90 Å². The van der Waals surface area contributed by atoms with Crippen LogP contribution in [0.1, 0.15) is 30.1 Å². The minimum Gasteiger partial charge on any atom is -0.507 e. The summed E-state index contributed by atoms with van der Waals surface area (Å²) in [5, 5.41) is 9.85. The molecule has 0 unspecified atom stereocenters. The zero-order valence-corrected chi connectivity index (χ0v) is 11.8. The van der Waals surface area contributed by atoms with Gasteiger partial charge in [-0.05, 0) is 31.9 Å². The number of rotatable bonds is 3. The Bertz CT molecular complexity index is 519. The summed E-state index contributed by atoms with van der Waals surface area (Å²) in [4.78, 5) is 24.8. The molecule has 1 saturated heterocycles. The van der Waals surface area contributed by atoms with Crippen LogP contribution in [0.3, 0.4) is 0 Å². The van der Waals surface area contributed by atoms with Gasteiger partial charge in [0.1, 0.15) is 5.75 Å². The van der Waals surface area contributed by atoms with Crippen molar-refractivity contribution in [2.75, 3.05) is 25.1 Å². The van der Waals surface area contributed by atoms with Gasteiger partial charge in [0.05, 0.1) is 18.6 Å². The van der Waals surface area contributed by atoms with Crippen molar-refractivity contribution in [3.63, 3.8) is 0 Å². The third-order valence-corrected chi connectivity index (χ3v) is 3.76. The van der Waals surface area contributed by atoms with Crippen molar-refractivity contribution in [2.45, 2.75) is 19.8 Å². The molecule has 0 saturated carbocycles. The highest BCUT2D eigenvalue weighted by atomic mass is 16.5. The molecule has 0 spiro atoms. The summed E-state index contributed by atoms with van der Waals surface area (Å²) in [7, 11) is 1.41. The van der Waals surface area contributed by atoms with Crippen molar-refractivity contribution in [3.05, 3.63) is 23.8 Å². The van der Waals surface area contributed by atoms with Gasteiger partial charge in [-0.25, -0.2) is 0 Å². The number of nitrogens with zero attached hydrogens (tertiary/aromatic N) is 1. The van der Waals surface area contributed by atoms with E-state index in [-0.39, 0.29) is 23.4 Å². The number of anilines is 1. The summed E-state index contributed by atoms with van der Waals surface area (Å²) in [5.41, 5.74) is 1.20. The lowest BCUT2D eigenvalue weighted by molar-refractivity contribution is -0.146. The normalized spacial score (nSPS) is 16.0.